The molecule has 0 amide bonds. The molecular formula is C21H24N2OS. The van der Waals surface area contributed by atoms with Crippen LogP contribution < -0.4 is 4.74 Å². The Morgan fingerprint density at radius 2 is 1.72 bits per heavy atom. The van der Waals surface area contributed by atoms with E-state index in [0.717, 1.165) is 34.2 Å². The summed E-state index contributed by atoms with van der Waals surface area (Å²) in [5.41, 5.74) is 2.78. The summed E-state index contributed by atoms with van der Waals surface area (Å²) in [6.07, 6.45) is 10.4. The van der Waals surface area contributed by atoms with Gasteiger partial charge in [0.25, 0.3) is 0 Å². The maximum atomic E-state index is 5.20. The lowest BCUT2D eigenvalue weighted by Crippen LogP contribution is -2.48. The van der Waals surface area contributed by atoms with Crippen molar-refractivity contribution in [1.29, 1.82) is 0 Å². The van der Waals surface area contributed by atoms with Gasteiger partial charge in [-0.05, 0) is 86.1 Å². The van der Waals surface area contributed by atoms with Gasteiger partial charge in [-0.2, -0.15) is 0 Å². The SMILES string of the molecule is COc1ccc(C=Nc2nc(C34CC5CC(CC(C5)C3)C4)cs2)cc1. The molecule has 4 heteroatoms. The monoisotopic (exact) mass is 352 g/mol. The van der Waals surface area contributed by atoms with Crippen LogP contribution in [0.2, 0.25) is 0 Å². The van der Waals surface area contributed by atoms with Crippen molar-refractivity contribution in [2.45, 2.75) is 43.9 Å². The van der Waals surface area contributed by atoms with Gasteiger partial charge in [0, 0.05) is 17.0 Å². The Kier molecular flexibility index (Phi) is 3.70. The summed E-state index contributed by atoms with van der Waals surface area (Å²) in [4.78, 5) is 9.57. The van der Waals surface area contributed by atoms with E-state index in [1.54, 1.807) is 18.4 Å². The van der Waals surface area contributed by atoms with Gasteiger partial charge in [-0.3, -0.25) is 0 Å². The quantitative estimate of drug-likeness (QED) is 0.693. The highest BCUT2D eigenvalue weighted by Gasteiger charge is 2.52. The van der Waals surface area contributed by atoms with Crippen LogP contribution in [0.25, 0.3) is 0 Å². The molecule has 25 heavy (non-hydrogen) atoms. The molecule has 0 saturated heterocycles. The Hall–Kier alpha value is -1.68. The van der Waals surface area contributed by atoms with Crippen molar-refractivity contribution in [2.24, 2.45) is 22.7 Å². The van der Waals surface area contributed by atoms with E-state index in [2.05, 4.69) is 10.4 Å². The predicted molar refractivity (Wildman–Crippen MR) is 102 cm³/mol. The molecule has 130 valence electrons. The first-order valence-corrected chi connectivity index (χ1v) is 10.2. The third-order valence-electron chi connectivity index (χ3n) is 6.51. The van der Waals surface area contributed by atoms with Crippen LogP contribution in [-0.2, 0) is 5.41 Å². The number of ether oxygens (including phenoxy) is 1. The van der Waals surface area contributed by atoms with Crippen molar-refractivity contribution < 1.29 is 4.74 Å². The smallest absolute Gasteiger partial charge is 0.209 e. The molecule has 1 aromatic heterocycles. The summed E-state index contributed by atoms with van der Waals surface area (Å²) in [5.74, 6) is 3.74. The number of methoxy groups -OCH3 is 1. The van der Waals surface area contributed by atoms with Crippen molar-refractivity contribution in [3.05, 3.63) is 40.9 Å². The molecule has 4 aliphatic rings. The number of aromatic nitrogens is 1. The average molecular weight is 353 g/mol. The van der Waals surface area contributed by atoms with Crippen LogP contribution in [0.1, 0.15) is 49.8 Å². The topological polar surface area (TPSA) is 34.5 Å². The van der Waals surface area contributed by atoms with E-state index in [9.17, 15) is 0 Å². The van der Waals surface area contributed by atoms with Crippen molar-refractivity contribution in [3.8, 4) is 5.75 Å². The maximum Gasteiger partial charge on any atom is 0.209 e. The molecule has 4 bridgehead atoms. The Morgan fingerprint density at radius 3 is 2.32 bits per heavy atom. The number of aliphatic imine (C=N–C) groups is 1. The summed E-state index contributed by atoms with van der Waals surface area (Å²) in [6.45, 7) is 0. The van der Waals surface area contributed by atoms with E-state index in [1.807, 2.05) is 30.5 Å². The number of hydrogen-bond donors (Lipinski definition) is 0. The average Bonchev–Trinajstić information content (AvgIpc) is 3.09. The molecule has 0 atom stereocenters. The highest BCUT2D eigenvalue weighted by atomic mass is 32.1. The van der Waals surface area contributed by atoms with Crippen LogP contribution in [-0.4, -0.2) is 18.3 Å². The second kappa shape index (κ2) is 5.94. The van der Waals surface area contributed by atoms with Crippen molar-refractivity contribution >= 4 is 22.7 Å². The van der Waals surface area contributed by atoms with Crippen LogP contribution in [0.4, 0.5) is 5.13 Å². The Labute approximate surface area is 153 Å². The van der Waals surface area contributed by atoms with E-state index in [-0.39, 0.29) is 0 Å². The fraction of sp³-hybridized carbons (Fsp3) is 0.524. The van der Waals surface area contributed by atoms with E-state index in [1.165, 1.54) is 44.2 Å². The van der Waals surface area contributed by atoms with Crippen LogP contribution in [0.15, 0.2) is 34.6 Å². The predicted octanol–water partition coefficient (Wildman–Crippen LogP) is 5.37. The molecule has 0 spiro atoms. The Balaban J connectivity index is 1.36. The molecule has 4 aliphatic carbocycles. The number of rotatable bonds is 4. The minimum absolute atomic E-state index is 0.374. The van der Waals surface area contributed by atoms with E-state index in [4.69, 9.17) is 9.72 Å². The second-order valence-electron chi connectivity index (χ2n) is 8.24. The lowest BCUT2D eigenvalue weighted by molar-refractivity contribution is -0.00688. The Morgan fingerprint density at radius 1 is 1.08 bits per heavy atom. The van der Waals surface area contributed by atoms with Crippen LogP contribution >= 0.6 is 11.3 Å². The molecule has 0 aliphatic heterocycles. The highest BCUT2D eigenvalue weighted by molar-refractivity contribution is 7.13. The van der Waals surface area contributed by atoms with Gasteiger partial charge >= 0.3 is 0 Å². The Bertz CT molecular complexity index is 757. The van der Waals surface area contributed by atoms with Crippen LogP contribution in [0.5, 0.6) is 5.75 Å². The van der Waals surface area contributed by atoms with Crippen LogP contribution in [0, 0.1) is 17.8 Å². The molecule has 1 aromatic carbocycles. The molecule has 1 heterocycles. The molecule has 0 N–H and O–H groups in total. The number of thiazole rings is 1. The van der Waals surface area contributed by atoms with E-state index in [0.29, 0.717) is 5.41 Å². The van der Waals surface area contributed by atoms with Gasteiger partial charge in [0.1, 0.15) is 5.75 Å². The molecule has 2 aromatic rings. The molecular weight excluding hydrogens is 328 g/mol. The number of nitrogens with zero attached hydrogens (tertiary/aromatic N) is 2. The normalized spacial score (nSPS) is 33.2. The molecule has 3 nitrogen and oxygen atoms in total. The van der Waals surface area contributed by atoms with Gasteiger partial charge in [0.2, 0.25) is 5.13 Å². The summed E-state index contributed by atoms with van der Waals surface area (Å²) in [7, 11) is 1.69. The molecule has 4 saturated carbocycles. The molecule has 0 unspecified atom stereocenters. The lowest BCUT2D eigenvalue weighted by atomic mass is 9.49. The first kappa shape index (κ1) is 15.6. The van der Waals surface area contributed by atoms with Gasteiger partial charge < -0.3 is 4.74 Å². The third-order valence-corrected chi connectivity index (χ3v) is 7.26. The minimum atomic E-state index is 0.374. The van der Waals surface area contributed by atoms with Crippen molar-refractivity contribution in [3.63, 3.8) is 0 Å². The zero-order valence-electron chi connectivity index (χ0n) is 14.6. The third kappa shape index (κ3) is 2.80. The van der Waals surface area contributed by atoms with E-state index >= 15 is 0 Å². The number of hydrogen-bond acceptors (Lipinski definition) is 4. The molecule has 4 fully saturated rings. The largest absolute Gasteiger partial charge is 0.497 e. The standard InChI is InChI=1S/C21H24N2OS/c1-24-18-4-2-14(3-5-18)12-22-20-23-19(13-25-20)21-9-15-6-16(10-21)8-17(7-15)11-21/h2-5,12-13,15-17H,6-11H2,1H3. The summed E-state index contributed by atoms with van der Waals surface area (Å²) >= 11 is 1.69. The lowest BCUT2D eigenvalue weighted by Gasteiger charge is -2.56. The fourth-order valence-corrected chi connectivity index (χ4v) is 6.60. The second-order valence-corrected chi connectivity index (χ2v) is 9.08. The number of benzene rings is 1. The molecule has 6 rings (SSSR count). The molecule has 0 radical (unpaired) electrons. The van der Waals surface area contributed by atoms with Gasteiger partial charge in [0.05, 0.1) is 12.8 Å². The van der Waals surface area contributed by atoms with Crippen molar-refractivity contribution in [2.75, 3.05) is 7.11 Å². The first-order chi connectivity index (χ1) is 12.2. The summed E-state index contributed by atoms with van der Waals surface area (Å²) in [6, 6.07) is 7.97. The first-order valence-electron chi connectivity index (χ1n) is 9.36. The van der Waals surface area contributed by atoms with Gasteiger partial charge in [-0.15, -0.1) is 11.3 Å². The van der Waals surface area contributed by atoms with Crippen LogP contribution in [0.3, 0.4) is 0 Å². The summed E-state index contributed by atoms with van der Waals surface area (Å²) < 4.78 is 5.20. The zero-order valence-corrected chi connectivity index (χ0v) is 15.5. The fourth-order valence-electron chi connectivity index (χ4n) is 5.81. The van der Waals surface area contributed by atoms with E-state index < -0.39 is 0 Å². The van der Waals surface area contributed by atoms with Gasteiger partial charge in [-0.25, -0.2) is 9.98 Å². The maximum absolute atomic E-state index is 5.20. The zero-order chi connectivity index (χ0) is 16.9. The van der Waals surface area contributed by atoms with Gasteiger partial charge in [0.15, 0.2) is 0 Å². The summed E-state index contributed by atoms with van der Waals surface area (Å²) in [5, 5.41) is 3.18. The van der Waals surface area contributed by atoms with Crippen molar-refractivity contribution in [1.82, 2.24) is 4.98 Å². The minimum Gasteiger partial charge on any atom is -0.497 e. The highest BCUT2D eigenvalue weighted by Crippen LogP contribution is 2.60. The van der Waals surface area contributed by atoms with Gasteiger partial charge in [-0.1, -0.05) is 0 Å².